The van der Waals surface area contributed by atoms with Gasteiger partial charge >= 0.3 is 0 Å². The van der Waals surface area contributed by atoms with Crippen LogP contribution < -0.4 is 4.74 Å². The highest BCUT2D eigenvalue weighted by Gasteiger charge is 2.40. The van der Waals surface area contributed by atoms with E-state index in [4.69, 9.17) is 9.47 Å². The Hall–Kier alpha value is -1.28. The first-order valence-corrected chi connectivity index (χ1v) is 10.7. The Morgan fingerprint density at radius 2 is 1.54 bits per heavy atom. The van der Waals surface area contributed by atoms with Crippen molar-refractivity contribution in [2.75, 3.05) is 13.2 Å². The molecular weight excluding hydrogens is 320 g/mol. The number of unbranched alkanes of at least 4 members (excludes halogenated alkanes) is 8. The third-order valence-corrected chi connectivity index (χ3v) is 5.08. The molecular formula is C24H38O2. The fourth-order valence-corrected chi connectivity index (χ4v) is 3.06. The quantitative estimate of drug-likeness (QED) is 0.194. The third-order valence-electron chi connectivity index (χ3n) is 5.08. The second-order valence-electron chi connectivity index (χ2n) is 7.94. The Balaban J connectivity index is 1.43. The van der Waals surface area contributed by atoms with Crippen LogP contribution in [0, 0.1) is 0 Å². The predicted octanol–water partition coefficient (Wildman–Crippen LogP) is 6.87. The number of allylic oxidation sites excluding steroid dienone is 2. The molecule has 1 heterocycles. The van der Waals surface area contributed by atoms with Crippen LogP contribution in [0.4, 0.5) is 0 Å². The first-order chi connectivity index (χ1) is 12.7. The van der Waals surface area contributed by atoms with Gasteiger partial charge in [0, 0.05) is 0 Å². The van der Waals surface area contributed by atoms with E-state index in [1.165, 1.54) is 76.2 Å². The van der Waals surface area contributed by atoms with Gasteiger partial charge in [-0.05, 0) is 63.1 Å². The van der Waals surface area contributed by atoms with Crippen LogP contribution >= 0.6 is 0 Å². The summed E-state index contributed by atoms with van der Waals surface area (Å²) >= 11 is 0. The van der Waals surface area contributed by atoms with Crippen LogP contribution in [0.25, 0.3) is 0 Å². The molecule has 1 aromatic rings. The van der Waals surface area contributed by atoms with E-state index in [9.17, 15) is 0 Å². The number of epoxide rings is 1. The topological polar surface area (TPSA) is 21.8 Å². The smallest absolute Gasteiger partial charge is 0.123 e. The Morgan fingerprint density at radius 1 is 0.923 bits per heavy atom. The summed E-state index contributed by atoms with van der Waals surface area (Å²) in [5.41, 5.74) is 1.38. The van der Waals surface area contributed by atoms with Gasteiger partial charge in [0.15, 0.2) is 0 Å². The lowest BCUT2D eigenvalue weighted by Crippen LogP contribution is -2.16. The van der Waals surface area contributed by atoms with Gasteiger partial charge in [0.2, 0.25) is 0 Å². The van der Waals surface area contributed by atoms with Crippen molar-refractivity contribution in [1.82, 2.24) is 0 Å². The standard InChI is InChI=1S/C24H38O2/c1-3-4-5-6-7-8-9-10-11-12-13-14-15-22-16-18-23(19-17-22)25-20-24(2)21-26-24/h7-8,16-19H,3-6,9-15,20-21H2,1-2H3/b8-7+. The lowest BCUT2D eigenvalue weighted by molar-refractivity contribution is 0.202. The molecule has 2 heteroatoms. The van der Waals surface area contributed by atoms with Gasteiger partial charge < -0.3 is 9.47 Å². The molecule has 146 valence electrons. The molecule has 0 radical (unpaired) electrons. The van der Waals surface area contributed by atoms with Crippen molar-refractivity contribution in [3.05, 3.63) is 42.0 Å². The van der Waals surface area contributed by atoms with E-state index in [2.05, 4.69) is 50.3 Å². The zero-order valence-corrected chi connectivity index (χ0v) is 17.0. The summed E-state index contributed by atoms with van der Waals surface area (Å²) in [5, 5.41) is 0. The minimum atomic E-state index is -0.0382. The molecule has 1 aromatic carbocycles. The fraction of sp³-hybridized carbons (Fsp3) is 0.667. The zero-order valence-electron chi connectivity index (χ0n) is 17.0. The molecule has 0 aromatic heterocycles. The number of hydrogen-bond acceptors (Lipinski definition) is 2. The maximum absolute atomic E-state index is 5.77. The van der Waals surface area contributed by atoms with E-state index in [1.54, 1.807) is 0 Å². The van der Waals surface area contributed by atoms with Crippen molar-refractivity contribution < 1.29 is 9.47 Å². The van der Waals surface area contributed by atoms with Gasteiger partial charge in [0.25, 0.3) is 0 Å². The van der Waals surface area contributed by atoms with Crippen molar-refractivity contribution in [2.24, 2.45) is 0 Å². The monoisotopic (exact) mass is 358 g/mol. The van der Waals surface area contributed by atoms with Crippen LogP contribution in [0.3, 0.4) is 0 Å². The average Bonchev–Trinajstić information content (AvgIpc) is 3.40. The summed E-state index contributed by atoms with van der Waals surface area (Å²) in [7, 11) is 0. The molecule has 0 amide bonds. The van der Waals surface area contributed by atoms with E-state index in [0.29, 0.717) is 6.61 Å². The van der Waals surface area contributed by atoms with E-state index < -0.39 is 0 Å². The number of ether oxygens (including phenoxy) is 2. The molecule has 2 rings (SSSR count). The van der Waals surface area contributed by atoms with Crippen LogP contribution in [0.1, 0.15) is 83.6 Å². The molecule has 26 heavy (non-hydrogen) atoms. The summed E-state index contributed by atoms with van der Waals surface area (Å²) in [6.45, 7) is 5.82. The molecule has 1 aliphatic heterocycles. The van der Waals surface area contributed by atoms with Gasteiger partial charge in [0.1, 0.15) is 18.0 Å². The van der Waals surface area contributed by atoms with Gasteiger partial charge in [-0.15, -0.1) is 0 Å². The van der Waals surface area contributed by atoms with Crippen molar-refractivity contribution in [3.8, 4) is 5.75 Å². The summed E-state index contributed by atoms with van der Waals surface area (Å²) < 4.78 is 11.1. The highest BCUT2D eigenvalue weighted by atomic mass is 16.6. The molecule has 1 aliphatic rings. The molecule has 0 saturated carbocycles. The predicted molar refractivity (Wildman–Crippen MR) is 111 cm³/mol. The first kappa shape index (κ1) is 21.0. The Kier molecular flexibility index (Phi) is 9.84. The fourth-order valence-electron chi connectivity index (χ4n) is 3.06. The lowest BCUT2D eigenvalue weighted by Gasteiger charge is -2.09. The number of hydrogen-bond donors (Lipinski definition) is 0. The number of aryl methyl sites for hydroxylation is 1. The molecule has 1 atom stereocenters. The first-order valence-electron chi connectivity index (χ1n) is 10.7. The Labute approximate surface area is 161 Å². The molecule has 0 spiro atoms. The van der Waals surface area contributed by atoms with Gasteiger partial charge in [0.05, 0.1) is 6.61 Å². The van der Waals surface area contributed by atoms with Crippen LogP contribution in [0.15, 0.2) is 36.4 Å². The third kappa shape index (κ3) is 9.43. The largest absolute Gasteiger partial charge is 0.491 e. The van der Waals surface area contributed by atoms with Crippen LogP contribution in [-0.2, 0) is 11.2 Å². The highest BCUT2D eigenvalue weighted by molar-refractivity contribution is 5.27. The van der Waals surface area contributed by atoms with Crippen molar-refractivity contribution in [2.45, 2.75) is 90.1 Å². The second-order valence-corrected chi connectivity index (χ2v) is 7.94. The minimum absolute atomic E-state index is 0.0382. The highest BCUT2D eigenvalue weighted by Crippen LogP contribution is 2.27. The lowest BCUT2D eigenvalue weighted by atomic mass is 10.0. The zero-order chi connectivity index (χ0) is 18.5. The Morgan fingerprint density at radius 3 is 2.19 bits per heavy atom. The molecule has 0 N–H and O–H groups in total. The van der Waals surface area contributed by atoms with Crippen molar-refractivity contribution >= 4 is 0 Å². The SMILES string of the molecule is CCCCC/C=C/CCCCCCCc1ccc(OCC2(C)CO2)cc1. The van der Waals surface area contributed by atoms with E-state index in [1.807, 2.05) is 0 Å². The normalized spacial score (nSPS) is 19.2. The molecule has 1 saturated heterocycles. The molecule has 0 bridgehead atoms. The number of benzene rings is 1. The summed E-state index contributed by atoms with van der Waals surface area (Å²) in [5.74, 6) is 0.952. The van der Waals surface area contributed by atoms with Gasteiger partial charge in [-0.1, -0.05) is 63.3 Å². The molecule has 1 fully saturated rings. The van der Waals surface area contributed by atoms with Crippen LogP contribution in [-0.4, -0.2) is 18.8 Å². The van der Waals surface area contributed by atoms with Gasteiger partial charge in [-0.25, -0.2) is 0 Å². The van der Waals surface area contributed by atoms with E-state index in [-0.39, 0.29) is 5.60 Å². The van der Waals surface area contributed by atoms with Crippen molar-refractivity contribution in [1.29, 1.82) is 0 Å². The average molecular weight is 359 g/mol. The molecule has 0 aliphatic carbocycles. The molecule has 1 unspecified atom stereocenters. The summed E-state index contributed by atoms with van der Waals surface area (Å²) in [6.07, 6.45) is 19.2. The van der Waals surface area contributed by atoms with E-state index >= 15 is 0 Å². The number of rotatable bonds is 15. The van der Waals surface area contributed by atoms with E-state index in [0.717, 1.165) is 12.4 Å². The Bertz CT molecular complexity index is 499. The summed E-state index contributed by atoms with van der Waals surface area (Å²) in [6, 6.07) is 8.59. The van der Waals surface area contributed by atoms with Crippen molar-refractivity contribution in [3.63, 3.8) is 0 Å². The van der Waals surface area contributed by atoms with Crippen LogP contribution in [0.2, 0.25) is 0 Å². The maximum Gasteiger partial charge on any atom is 0.123 e. The van der Waals surface area contributed by atoms with Gasteiger partial charge in [-0.3, -0.25) is 0 Å². The maximum atomic E-state index is 5.77. The molecule has 2 nitrogen and oxygen atoms in total. The summed E-state index contributed by atoms with van der Waals surface area (Å²) in [4.78, 5) is 0. The van der Waals surface area contributed by atoms with Crippen LogP contribution in [0.5, 0.6) is 5.75 Å². The minimum Gasteiger partial charge on any atom is -0.491 e. The second kappa shape index (κ2) is 12.2. The van der Waals surface area contributed by atoms with Gasteiger partial charge in [-0.2, -0.15) is 0 Å².